The monoisotopic (exact) mass is 1080 g/mol. The quantitative estimate of drug-likeness (QED) is 0.0514. The maximum atomic E-state index is 13.8. The van der Waals surface area contributed by atoms with Crippen LogP contribution < -0.4 is 0 Å². The van der Waals surface area contributed by atoms with E-state index in [0.717, 1.165) is 24.8 Å². The smallest absolute Gasteiger partial charge is 0.333 e. The molecule has 3 heterocycles. The summed E-state index contributed by atoms with van der Waals surface area (Å²) in [4.78, 5) is 27.4. The van der Waals surface area contributed by atoms with Gasteiger partial charge in [0.15, 0.2) is 18.9 Å². The zero-order valence-corrected chi connectivity index (χ0v) is 45.7. The Labute approximate surface area is 446 Å². The van der Waals surface area contributed by atoms with Gasteiger partial charge in [0.2, 0.25) is 0 Å². The van der Waals surface area contributed by atoms with E-state index in [1.807, 2.05) is 13.8 Å². The molecule has 8 aliphatic rings. The third-order valence-corrected chi connectivity index (χ3v) is 20.9. The molecule has 3 aliphatic heterocycles. The van der Waals surface area contributed by atoms with Crippen molar-refractivity contribution in [3.05, 3.63) is 36.0 Å². The number of carbonyl (C=O) groups is 2. The molecule has 24 atom stereocenters. The second-order valence-corrected chi connectivity index (χ2v) is 26.1. The Morgan fingerprint density at radius 1 is 0.776 bits per heavy atom. The molecule has 4 saturated carbocycles. The molecule has 0 aromatic heterocycles. The van der Waals surface area contributed by atoms with Gasteiger partial charge in [-0.1, -0.05) is 72.3 Å². The Kier molecular flexibility index (Phi) is 16.8. The van der Waals surface area contributed by atoms with Gasteiger partial charge < -0.3 is 89.3 Å². The fourth-order valence-corrected chi connectivity index (χ4v) is 15.7. The minimum absolute atomic E-state index is 0.0432. The molecule has 76 heavy (non-hydrogen) atoms. The van der Waals surface area contributed by atoms with Crippen LogP contribution in [0.25, 0.3) is 0 Å². The number of hydrogen-bond donors (Lipinski definition) is 11. The third-order valence-electron chi connectivity index (χ3n) is 20.9. The summed E-state index contributed by atoms with van der Waals surface area (Å²) in [6.07, 6.45) is -12.2. The van der Waals surface area contributed by atoms with Gasteiger partial charge in [0.25, 0.3) is 0 Å². The molecule has 11 N–H and O–H groups in total. The number of ether oxygens (including phenoxy) is 7. The molecule has 432 valence electrons. The number of rotatable bonds is 14. The number of carbonyl (C=O) groups excluding carboxylic acids is 1. The average molecular weight is 1080 g/mol. The van der Waals surface area contributed by atoms with Gasteiger partial charge in [-0.2, -0.15) is 0 Å². The van der Waals surface area contributed by atoms with Gasteiger partial charge in [0.1, 0.15) is 72.6 Å². The van der Waals surface area contributed by atoms with Crippen molar-refractivity contribution in [1.29, 1.82) is 0 Å². The molecule has 3 saturated heterocycles. The van der Waals surface area contributed by atoms with E-state index in [4.69, 9.17) is 33.2 Å². The number of hydrogen-bond acceptors (Lipinski definition) is 19. The van der Waals surface area contributed by atoms with Gasteiger partial charge in [-0.15, -0.1) is 6.58 Å². The number of carboxylic acid groups (broad SMARTS) is 1. The number of aliphatic hydroxyl groups excluding tert-OH is 9. The number of aliphatic carboxylic acids is 1. The third kappa shape index (κ3) is 10.1. The van der Waals surface area contributed by atoms with Crippen molar-refractivity contribution < 1.29 is 98.9 Å². The summed E-state index contributed by atoms with van der Waals surface area (Å²) >= 11 is 0. The van der Waals surface area contributed by atoms with Crippen LogP contribution in [0, 0.1) is 50.2 Å². The Balaban J connectivity index is 0.965. The first-order valence-corrected chi connectivity index (χ1v) is 27.4. The zero-order valence-electron chi connectivity index (χ0n) is 45.7. The summed E-state index contributed by atoms with van der Waals surface area (Å²) < 4.78 is 41.7. The summed E-state index contributed by atoms with van der Waals surface area (Å²) in [5.41, 5.74) is -3.61. The van der Waals surface area contributed by atoms with E-state index in [0.29, 0.717) is 37.7 Å². The van der Waals surface area contributed by atoms with Gasteiger partial charge in [-0.25, -0.2) is 4.79 Å². The minimum Gasteiger partial charge on any atom is -0.481 e. The number of esters is 1. The number of aliphatic hydroxyl groups is 10. The van der Waals surface area contributed by atoms with Crippen LogP contribution in [0.4, 0.5) is 0 Å². The fourth-order valence-electron chi connectivity index (χ4n) is 15.7. The number of fused-ring (bicyclic) bond motifs is 7. The van der Waals surface area contributed by atoms with E-state index in [1.165, 1.54) is 6.08 Å². The van der Waals surface area contributed by atoms with E-state index < -0.39 is 157 Å². The molecule has 0 aromatic carbocycles. The Bertz CT molecular complexity index is 2200. The second kappa shape index (κ2) is 21.4. The van der Waals surface area contributed by atoms with Crippen LogP contribution in [0.5, 0.6) is 0 Å². The molecule has 0 aromatic rings. The lowest BCUT2D eigenvalue weighted by Gasteiger charge is -2.72. The zero-order chi connectivity index (χ0) is 56.0. The lowest BCUT2D eigenvalue weighted by atomic mass is 9.33. The summed E-state index contributed by atoms with van der Waals surface area (Å²) in [7, 11) is 0. The highest BCUT2D eigenvalue weighted by Gasteiger charge is 2.73. The molecule has 0 bridgehead atoms. The molecule has 20 nitrogen and oxygen atoms in total. The first-order valence-electron chi connectivity index (χ1n) is 27.4. The van der Waals surface area contributed by atoms with Crippen LogP contribution in [0.3, 0.4) is 0 Å². The Hall–Kier alpha value is -2.48. The van der Waals surface area contributed by atoms with Crippen molar-refractivity contribution in [1.82, 2.24) is 0 Å². The number of allylic oxidation sites excluding steroid dienone is 3. The summed E-state index contributed by atoms with van der Waals surface area (Å²) in [5.74, 6) is -1.96. The van der Waals surface area contributed by atoms with Crippen LogP contribution in [-0.2, 0) is 42.7 Å². The summed E-state index contributed by atoms with van der Waals surface area (Å²) in [6, 6.07) is 0. The largest absolute Gasteiger partial charge is 0.481 e. The topological polar surface area (TPSA) is 321 Å². The van der Waals surface area contributed by atoms with E-state index in [2.05, 4.69) is 47.3 Å². The molecule has 7 fully saturated rings. The predicted molar refractivity (Wildman–Crippen MR) is 269 cm³/mol. The van der Waals surface area contributed by atoms with Gasteiger partial charge in [0, 0.05) is 17.4 Å². The van der Waals surface area contributed by atoms with Gasteiger partial charge in [0.05, 0.1) is 37.6 Å². The maximum Gasteiger partial charge on any atom is 0.333 e. The van der Waals surface area contributed by atoms with E-state index >= 15 is 0 Å². The van der Waals surface area contributed by atoms with Crippen LogP contribution in [0.2, 0.25) is 0 Å². The normalized spacial score (nSPS) is 48.9. The summed E-state index contributed by atoms with van der Waals surface area (Å²) in [6.45, 7) is 20.9. The molecule has 0 radical (unpaired) electrons. The molecule has 0 amide bonds. The van der Waals surface area contributed by atoms with E-state index in [9.17, 15) is 65.8 Å². The predicted octanol–water partition coefficient (Wildman–Crippen LogP) is 2.14. The highest BCUT2D eigenvalue weighted by atomic mass is 16.8. The van der Waals surface area contributed by atoms with Crippen LogP contribution in [0.15, 0.2) is 36.0 Å². The fraction of sp³-hybridized carbons (Fsp3) is 0.857. The van der Waals surface area contributed by atoms with Crippen molar-refractivity contribution in [2.24, 2.45) is 50.2 Å². The molecule has 0 spiro atoms. The van der Waals surface area contributed by atoms with Crippen LogP contribution in [-0.4, -0.2) is 192 Å². The van der Waals surface area contributed by atoms with Crippen molar-refractivity contribution in [2.75, 3.05) is 19.8 Å². The van der Waals surface area contributed by atoms with Crippen LogP contribution >= 0.6 is 0 Å². The molecular weight excluding hydrogens is 993 g/mol. The van der Waals surface area contributed by atoms with Crippen molar-refractivity contribution in [2.45, 2.75) is 230 Å². The molecule has 20 heteroatoms. The van der Waals surface area contributed by atoms with E-state index in [1.54, 1.807) is 19.9 Å². The molecule has 5 aliphatic carbocycles. The minimum atomic E-state index is -1.73. The van der Waals surface area contributed by atoms with Crippen molar-refractivity contribution in [3.63, 3.8) is 0 Å². The highest BCUT2D eigenvalue weighted by molar-refractivity contribution is 5.88. The average Bonchev–Trinajstić information content (AvgIpc) is 3.34. The molecular formula is C56H88O20. The summed E-state index contributed by atoms with van der Waals surface area (Å²) in [5, 5.41) is 120. The van der Waals surface area contributed by atoms with E-state index in [-0.39, 0.29) is 42.1 Å². The molecule has 8 rings (SSSR count). The molecule has 0 unspecified atom stereocenters. The SMILES string of the molecule is C=C[C@@](C)(O)CC/C=C(\C)C(=O)O[C@H]1C[C@]2(C(=O)O)[C@H](O)C[C@]3(C)C(=CC[C@@H]4[C@@]5(C)CC[C@H](O[C@@H]6O[C@H](CO[C@@H]7OC[C@H](O)[C@H](O)[C@H]7O[C@@H]7OC[C@H](O)[C@H](O)[C@H]7O)[C@@H](O)[C@H](O)[C@H]6O)C(C)(C)[C@@H]5CC[C@]43C)[C@H]2CC1(C)C. The first kappa shape index (κ1) is 59.6. The standard InChI is InChI=1S/C56H88O20/c1-11-52(7,69)18-12-13-27(2)45(66)74-37-23-56(49(67)68)29(21-50(37,3)4)28-14-15-34-53(8)19-17-36(51(5,6)33(53)16-20-54(34,9)55(28,10)22-35(56)59)75-47-43(65)41(63)40(62)32(73-47)26-72-48-44(39(61)31(58)25-71-48)76-46-42(64)38(60)30(57)24-70-46/h11,13-14,29-44,46-48,57-65,69H,1,12,15-26H2,2-10H3,(H,67,68)/b27-13+/t29-,30+,31+,32-,33+,34-,35-,36+,37+,38+,39+,40-,41+,42-,43-,44-,46+,47+,48+,52-,53+,54-,55-,56-/m1/s1. The van der Waals surface area contributed by atoms with Crippen molar-refractivity contribution in [3.8, 4) is 0 Å². The highest BCUT2D eigenvalue weighted by Crippen LogP contribution is 2.76. The Morgan fingerprint density at radius 2 is 1.42 bits per heavy atom. The maximum absolute atomic E-state index is 13.8. The van der Waals surface area contributed by atoms with Gasteiger partial charge in [-0.05, 0) is 111 Å². The lowest BCUT2D eigenvalue weighted by molar-refractivity contribution is -0.357. The Morgan fingerprint density at radius 3 is 2.08 bits per heavy atom. The van der Waals surface area contributed by atoms with Gasteiger partial charge in [-0.3, -0.25) is 4.79 Å². The lowest BCUT2D eigenvalue weighted by Crippen LogP contribution is -2.69. The number of carboxylic acids is 1. The van der Waals surface area contributed by atoms with Crippen molar-refractivity contribution >= 4 is 11.9 Å². The van der Waals surface area contributed by atoms with Crippen LogP contribution in [0.1, 0.15) is 127 Å². The van der Waals surface area contributed by atoms with Gasteiger partial charge >= 0.3 is 11.9 Å². The first-order chi connectivity index (χ1) is 35.3. The second-order valence-electron chi connectivity index (χ2n) is 26.1.